The van der Waals surface area contributed by atoms with E-state index in [-0.39, 0.29) is 11.6 Å². The summed E-state index contributed by atoms with van der Waals surface area (Å²) in [6.45, 7) is 2.65. The van der Waals surface area contributed by atoms with Gasteiger partial charge in [-0.1, -0.05) is 12.1 Å². The molecule has 1 N–H and O–H groups in total. The zero-order valence-corrected chi connectivity index (χ0v) is 17.3. The van der Waals surface area contributed by atoms with Gasteiger partial charge in [0.05, 0.1) is 4.92 Å². The molecule has 2 fully saturated rings. The van der Waals surface area contributed by atoms with Gasteiger partial charge in [-0.15, -0.1) is 0 Å². The van der Waals surface area contributed by atoms with Gasteiger partial charge in [-0.2, -0.15) is 0 Å². The number of anilines is 2. The van der Waals surface area contributed by atoms with Crippen LogP contribution in [0.15, 0.2) is 42.5 Å². The number of benzene rings is 2. The summed E-state index contributed by atoms with van der Waals surface area (Å²) in [6.07, 6.45) is 5.83. The lowest BCUT2D eigenvalue weighted by Crippen LogP contribution is -2.29. The van der Waals surface area contributed by atoms with E-state index in [2.05, 4.69) is 34.5 Å². The van der Waals surface area contributed by atoms with Crippen LogP contribution in [0.4, 0.5) is 17.1 Å². The monoisotopic (exact) mass is 408 g/mol. The summed E-state index contributed by atoms with van der Waals surface area (Å²) in [5.41, 5.74) is 3.02. The van der Waals surface area contributed by atoms with Gasteiger partial charge in [0.25, 0.3) is 11.6 Å². The van der Waals surface area contributed by atoms with E-state index >= 15 is 0 Å². The Hall–Kier alpha value is -3.09. The lowest BCUT2D eigenvalue weighted by Gasteiger charge is -2.29. The van der Waals surface area contributed by atoms with Crippen molar-refractivity contribution in [2.24, 2.45) is 0 Å². The molecule has 30 heavy (non-hydrogen) atoms. The Kier molecular flexibility index (Phi) is 5.88. The first kappa shape index (κ1) is 20.2. The van der Waals surface area contributed by atoms with Crippen molar-refractivity contribution in [3.63, 3.8) is 0 Å². The predicted octanol–water partition coefficient (Wildman–Crippen LogP) is 4.43. The number of hydrogen-bond acceptors (Lipinski definition) is 5. The summed E-state index contributed by atoms with van der Waals surface area (Å²) in [6, 6.07) is 13.3. The third kappa shape index (κ3) is 4.72. The van der Waals surface area contributed by atoms with E-state index in [1.165, 1.54) is 31.0 Å². The summed E-state index contributed by atoms with van der Waals surface area (Å²) in [5.74, 6) is -0.226. The zero-order chi connectivity index (χ0) is 21.1. The molecule has 7 nitrogen and oxygen atoms in total. The molecule has 158 valence electrons. The highest BCUT2D eigenvalue weighted by atomic mass is 16.6. The van der Waals surface area contributed by atoms with Crippen molar-refractivity contribution in [3.05, 3.63) is 63.7 Å². The molecule has 0 aromatic heterocycles. The third-order valence-electron chi connectivity index (χ3n) is 5.80. The predicted molar refractivity (Wildman–Crippen MR) is 118 cm³/mol. The van der Waals surface area contributed by atoms with Gasteiger partial charge < -0.3 is 15.1 Å². The van der Waals surface area contributed by atoms with Gasteiger partial charge in [-0.25, -0.2) is 0 Å². The van der Waals surface area contributed by atoms with Crippen LogP contribution in [0.3, 0.4) is 0 Å². The second-order valence-corrected chi connectivity index (χ2v) is 8.28. The van der Waals surface area contributed by atoms with Gasteiger partial charge in [0.1, 0.15) is 5.69 Å². The van der Waals surface area contributed by atoms with Crippen LogP contribution < -0.4 is 10.2 Å². The molecule has 2 aliphatic rings. The van der Waals surface area contributed by atoms with Gasteiger partial charge in [-0.3, -0.25) is 14.9 Å². The standard InChI is InChI=1S/C23H28N4O3/c1-25(16-17-5-10-20(11-6-17)26-13-3-2-4-14-26)23(28)18-7-12-21(24-19-8-9-19)22(15-18)27(29)30/h5-7,10-12,15,19,24H,2-4,8-9,13-14,16H2,1H3. The van der Waals surface area contributed by atoms with E-state index < -0.39 is 4.92 Å². The van der Waals surface area contributed by atoms with Gasteiger partial charge in [0.15, 0.2) is 0 Å². The molecule has 0 bridgehead atoms. The number of nitro groups is 1. The summed E-state index contributed by atoms with van der Waals surface area (Å²) in [7, 11) is 1.73. The molecule has 1 saturated heterocycles. The van der Waals surface area contributed by atoms with E-state index in [4.69, 9.17) is 0 Å². The van der Waals surface area contributed by atoms with E-state index in [1.807, 2.05) is 0 Å². The first-order valence-corrected chi connectivity index (χ1v) is 10.7. The molecular formula is C23H28N4O3. The summed E-state index contributed by atoms with van der Waals surface area (Å²) in [5, 5.41) is 14.6. The van der Waals surface area contributed by atoms with E-state index in [9.17, 15) is 14.9 Å². The first-order valence-electron chi connectivity index (χ1n) is 10.7. The number of nitrogens with one attached hydrogen (secondary N) is 1. The van der Waals surface area contributed by atoms with Gasteiger partial charge in [0.2, 0.25) is 0 Å². The molecule has 2 aromatic carbocycles. The minimum absolute atomic E-state index is 0.0490. The number of hydrogen-bond donors (Lipinski definition) is 1. The highest BCUT2D eigenvalue weighted by Crippen LogP contribution is 2.32. The molecule has 1 saturated carbocycles. The van der Waals surface area contributed by atoms with Crippen molar-refractivity contribution in [1.29, 1.82) is 0 Å². The maximum Gasteiger partial charge on any atom is 0.293 e. The molecule has 4 rings (SSSR count). The van der Waals surface area contributed by atoms with Crippen molar-refractivity contribution < 1.29 is 9.72 Å². The Morgan fingerprint density at radius 3 is 2.47 bits per heavy atom. The van der Waals surface area contributed by atoms with Gasteiger partial charge in [0, 0.05) is 50.0 Å². The minimum atomic E-state index is -0.430. The molecule has 1 heterocycles. The average molecular weight is 409 g/mol. The molecule has 0 unspecified atom stereocenters. The second kappa shape index (κ2) is 8.73. The van der Waals surface area contributed by atoms with Crippen LogP contribution in [0.1, 0.15) is 48.0 Å². The minimum Gasteiger partial charge on any atom is -0.377 e. The van der Waals surface area contributed by atoms with Crippen molar-refractivity contribution in [2.75, 3.05) is 30.4 Å². The number of carbonyl (C=O) groups is 1. The highest BCUT2D eigenvalue weighted by Gasteiger charge is 2.26. The van der Waals surface area contributed by atoms with Gasteiger partial charge >= 0.3 is 0 Å². The lowest BCUT2D eigenvalue weighted by molar-refractivity contribution is -0.384. The van der Waals surface area contributed by atoms with Crippen LogP contribution in [-0.2, 0) is 6.54 Å². The largest absolute Gasteiger partial charge is 0.377 e. The number of piperidine rings is 1. The van der Waals surface area contributed by atoms with Crippen LogP contribution >= 0.6 is 0 Å². The molecule has 0 spiro atoms. The fourth-order valence-electron chi connectivity index (χ4n) is 3.92. The molecule has 1 aliphatic carbocycles. The van der Waals surface area contributed by atoms with E-state index in [0.29, 0.717) is 23.8 Å². The SMILES string of the molecule is CN(Cc1ccc(N2CCCCC2)cc1)C(=O)c1ccc(NC2CC2)c([N+](=O)[O-])c1. The van der Waals surface area contributed by atoms with Crippen molar-refractivity contribution in [3.8, 4) is 0 Å². The number of amides is 1. The number of rotatable bonds is 7. The third-order valence-corrected chi connectivity index (χ3v) is 5.80. The molecule has 1 aliphatic heterocycles. The van der Waals surface area contributed by atoms with Crippen molar-refractivity contribution >= 4 is 23.0 Å². The smallest absolute Gasteiger partial charge is 0.293 e. The quantitative estimate of drug-likeness (QED) is 0.542. The molecule has 0 atom stereocenters. The van der Waals surface area contributed by atoms with Crippen LogP contribution in [0.25, 0.3) is 0 Å². The Morgan fingerprint density at radius 2 is 1.83 bits per heavy atom. The average Bonchev–Trinajstić information content (AvgIpc) is 3.58. The topological polar surface area (TPSA) is 78.7 Å². The normalized spacial score (nSPS) is 16.2. The number of nitro benzene ring substituents is 1. The maximum absolute atomic E-state index is 12.9. The summed E-state index contributed by atoms with van der Waals surface area (Å²) < 4.78 is 0. The Bertz CT molecular complexity index is 919. The summed E-state index contributed by atoms with van der Waals surface area (Å²) in [4.78, 5) is 27.9. The van der Waals surface area contributed by atoms with E-state index in [1.54, 1.807) is 24.1 Å². The Labute approximate surface area is 176 Å². The fourth-order valence-corrected chi connectivity index (χ4v) is 3.92. The van der Waals surface area contributed by atoms with Crippen molar-refractivity contribution in [2.45, 2.75) is 44.7 Å². The van der Waals surface area contributed by atoms with Crippen LogP contribution in [0.5, 0.6) is 0 Å². The molecule has 1 amide bonds. The van der Waals surface area contributed by atoms with Crippen LogP contribution in [0, 0.1) is 10.1 Å². The molecular weight excluding hydrogens is 380 g/mol. The first-order chi connectivity index (χ1) is 14.5. The van der Waals surface area contributed by atoms with Crippen LogP contribution in [0.2, 0.25) is 0 Å². The Balaban J connectivity index is 1.42. The highest BCUT2D eigenvalue weighted by molar-refractivity contribution is 5.95. The molecule has 0 radical (unpaired) electrons. The summed E-state index contributed by atoms with van der Waals surface area (Å²) >= 11 is 0. The lowest BCUT2D eigenvalue weighted by atomic mass is 10.1. The second-order valence-electron chi connectivity index (χ2n) is 8.28. The fraction of sp³-hybridized carbons (Fsp3) is 0.435. The maximum atomic E-state index is 12.9. The molecule has 2 aromatic rings. The Morgan fingerprint density at radius 1 is 1.13 bits per heavy atom. The van der Waals surface area contributed by atoms with Crippen LogP contribution in [-0.4, -0.2) is 41.9 Å². The zero-order valence-electron chi connectivity index (χ0n) is 17.3. The van der Waals surface area contributed by atoms with E-state index in [0.717, 1.165) is 31.5 Å². The van der Waals surface area contributed by atoms with Gasteiger partial charge in [-0.05, 0) is 61.9 Å². The molecule has 7 heteroatoms. The van der Waals surface area contributed by atoms with Crippen molar-refractivity contribution in [1.82, 2.24) is 4.90 Å². The number of nitrogens with zero attached hydrogens (tertiary/aromatic N) is 3. The number of carbonyl (C=O) groups excluding carboxylic acids is 1.